The summed E-state index contributed by atoms with van der Waals surface area (Å²) in [5.41, 5.74) is 4.14. The van der Waals surface area contributed by atoms with Crippen LogP contribution in [0.1, 0.15) is 37.0 Å². The summed E-state index contributed by atoms with van der Waals surface area (Å²) < 4.78 is 26.4. The van der Waals surface area contributed by atoms with Crippen molar-refractivity contribution in [2.45, 2.75) is 46.6 Å². The minimum absolute atomic E-state index is 0.331. The predicted octanol–water partition coefficient (Wildman–Crippen LogP) is 4.05. The van der Waals surface area contributed by atoms with Crippen LogP contribution >= 0.6 is 0 Å². The Hall–Kier alpha value is -2.34. The van der Waals surface area contributed by atoms with Crippen LogP contribution in [0.3, 0.4) is 0 Å². The molecule has 27 heavy (non-hydrogen) atoms. The quantitative estimate of drug-likeness (QED) is 0.778. The molecule has 0 spiro atoms. The summed E-state index contributed by atoms with van der Waals surface area (Å²) in [6.07, 6.45) is 2.28. The lowest BCUT2D eigenvalue weighted by atomic mass is 10.1. The van der Waals surface area contributed by atoms with Crippen molar-refractivity contribution in [2.75, 3.05) is 15.9 Å². The first-order valence-electron chi connectivity index (χ1n) is 9.13. The maximum Gasteiger partial charge on any atom is 0.248 e. The molecule has 6 heteroatoms. The van der Waals surface area contributed by atoms with Gasteiger partial charge in [-0.15, -0.1) is 0 Å². The molecular weight excluding hydrogens is 360 g/mol. The maximum atomic E-state index is 13.0. The van der Waals surface area contributed by atoms with Crippen LogP contribution in [-0.2, 0) is 21.2 Å². The van der Waals surface area contributed by atoms with Crippen LogP contribution < -0.4 is 9.62 Å². The highest BCUT2D eigenvalue weighted by molar-refractivity contribution is 7.92. The molecule has 1 N–H and O–H groups in total. The van der Waals surface area contributed by atoms with E-state index in [9.17, 15) is 13.2 Å². The fourth-order valence-corrected chi connectivity index (χ4v) is 4.50. The molecule has 5 nitrogen and oxygen atoms in total. The van der Waals surface area contributed by atoms with E-state index < -0.39 is 16.1 Å². The summed E-state index contributed by atoms with van der Waals surface area (Å²) in [5, 5.41) is 2.92. The molecule has 1 amide bonds. The monoisotopic (exact) mass is 388 g/mol. The van der Waals surface area contributed by atoms with Crippen LogP contribution in [0.15, 0.2) is 42.5 Å². The van der Waals surface area contributed by atoms with Gasteiger partial charge in [0.2, 0.25) is 15.9 Å². The minimum Gasteiger partial charge on any atom is -0.324 e. The van der Waals surface area contributed by atoms with Gasteiger partial charge < -0.3 is 5.32 Å². The number of aryl methyl sites for hydroxylation is 3. The van der Waals surface area contributed by atoms with Crippen molar-refractivity contribution in [2.24, 2.45) is 0 Å². The predicted molar refractivity (Wildman–Crippen MR) is 112 cm³/mol. The average Bonchev–Trinajstić information content (AvgIpc) is 2.57. The second-order valence-corrected chi connectivity index (χ2v) is 8.69. The number of carbonyl (C=O) groups excluding carboxylic acids is 1. The van der Waals surface area contributed by atoms with E-state index in [1.54, 1.807) is 12.1 Å². The second-order valence-electron chi connectivity index (χ2n) is 6.83. The third-order valence-electron chi connectivity index (χ3n) is 4.45. The van der Waals surface area contributed by atoms with E-state index in [1.165, 1.54) is 4.31 Å². The number of amides is 1. The van der Waals surface area contributed by atoms with Crippen LogP contribution in [0.4, 0.5) is 11.4 Å². The number of carbonyl (C=O) groups is 1. The molecule has 0 bridgehead atoms. The third kappa shape index (κ3) is 5.10. The number of benzene rings is 2. The molecule has 146 valence electrons. The number of hydrogen-bond acceptors (Lipinski definition) is 3. The zero-order valence-corrected chi connectivity index (χ0v) is 17.4. The Labute approximate surface area is 162 Å². The molecular formula is C21H28N2O3S. The highest BCUT2D eigenvalue weighted by Crippen LogP contribution is 2.26. The summed E-state index contributed by atoms with van der Waals surface area (Å²) in [6, 6.07) is 12.3. The Morgan fingerprint density at radius 3 is 2.19 bits per heavy atom. The van der Waals surface area contributed by atoms with Crippen molar-refractivity contribution in [3.05, 3.63) is 59.2 Å². The first kappa shape index (κ1) is 21.0. The number of para-hydroxylation sites is 1. The van der Waals surface area contributed by atoms with Crippen LogP contribution in [-0.4, -0.2) is 26.6 Å². The van der Waals surface area contributed by atoms with Gasteiger partial charge in [0.15, 0.2) is 0 Å². The van der Waals surface area contributed by atoms with Crippen molar-refractivity contribution >= 4 is 27.3 Å². The molecule has 0 aromatic heterocycles. The van der Waals surface area contributed by atoms with Crippen LogP contribution in [0.5, 0.6) is 0 Å². The summed E-state index contributed by atoms with van der Waals surface area (Å²) in [6.45, 7) is 7.66. The van der Waals surface area contributed by atoms with Gasteiger partial charge in [0.25, 0.3) is 0 Å². The standard InChI is InChI=1S/C21H28N2O3S/c1-6-17-10-8-9-11-19(17)22-21(24)20(7-2)23(27(5,25)26)18-13-15(3)12-16(4)14-18/h8-14,20H,6-7H2,1-5H3,(H,22,24). The molecule has 1 unspecified atom stereocenters. The van der Waals surface area contributed by atoms with E-state index >= 15 is 0 Å². The lowest BCUT2D eigenvalue weighted by Crippen LogP contribution is -2.47. The summed E-state index contributed by atoms with van der Waals surface area (Å²) in [7, 11) is -3.64. The van der Waals surface area contributed by atoms with Gasteiger partial charge in [-0.3, -0.25) is 9.10 Å². The summed E-state index contributed by atoms with van der Waals surface area (Å²) >= 11 is 0. The van der Waals surface area contributed by atoms with Gasteiger partial charge in [-0.05, 0) is 61.6 Å². The molecule has 1 atom stereocenters. The lowest BCUT2D eigenvalue weighted by molar-refractivity contribution is -0.117. The molecule has 0 fully saturated rings. The van der Waals surface area contributed by atoms with Gasteiger partial charge >= 0.3 is 0 Å². The number of hydrogen-bond donors (Lipinski definition) is 1. The molecule has 0 aliphatic rings. The highest BCUT2D eigenvalue weighted by atomic mass is 32.2. The van der Waals surface area contributed by atoms with E-state index in [1.807, 2.05) is 58.0 Å². The van der Waals surface area contributed by atoms with Gasteiger partial charge in [0, 0.05) is 5.69 Å². The van der Waals surface area contributed by atoms with Crippen molar-refractivity contribution in [1.82, 2.24) is 0 Å². The molecule has 2 aromatic rings. The van der Waals surface area contributed by atoms with Crippen LogP contribution in [0, 0.1) is 13.8 Å². The van der Waals surface area contributed by atoms with E-state index in [0.717, 1.165) is 35.1 Å². The molecule has 0 aliphatic carbocycles. The number of nitrogens with one attached hydrogen (secondary N) is 1. The van der Waals surface area contributed by atoms with E-state index in [-0.39, 0.29) is 5.91 Å². The van der Waals surface area contributed by atoms with Crippen molar-refractivity contribution < 1.29 is 13.2 Å². The SMILES string of the molecule is CCc1ccccc1NC(=O)C(CC)N(c1cc(C)cc(C)c1)S(C)(=O)=O. The fourth-order valence-electron chi connectivity index (χ4n) is 3.30. The fraction of sp³-hybridized carbons (Fsp3) is 0.381. The van der Waals surface area contributed by atoms with Crippen LogP contribution in [0.2, 0.25) is 0 Å². The molecule has 0 saturated carbocycles. The molecule has 0 radical (unpaired) electrons. The lowest BCUT2D eigenvalue weighted by Gasteiger charge is -2.30. The van der Waals surface area contributed by atoms with Crippen molar-refractivity contribution in [1.29, 1.82) is 0 Å². The zero-order chi connectivity index (χ0) is 20.2. The largest absolute Gasteiger partial charge is 0.324 e. The average molecular weight is 389 g/mol. The molecule has 0 heterocycles. The number of sulfonamides is 1. The van der Waals surface area contributed by atoms with Gasteiger partial charge in [-0.1, -0.05) is 38.1 Å². The number of rotatable bonds is 7. The number of nitrogens with zero attached hydrogens (tertiary/aromatic N) is 1. The van der Waals surface area contributed by atoms with E-state index in [0.29, 0.717) is 12.1 Å². The molecule has 2 rings (SSSR count). The number of anilines is 2. The van der Waals surface area contributed by atoms with Gasteiger partial charge in [-0.25, -0.2) is 8.42 Å². The normalized spacial score (nSPS) is 12.5. The zero-order valence-electron chi connectivity index (χ0n) is 16.6. The summed E-state index contributed by atoms with van der Waals surface area (Å²) in [5.74, 6) is -0.331. The van der Waals surface area contributed by atoms with E-state index in [4.69, 9.17) is 0 Å². The van der Waals surface area contributed by atoms with Gasteiger partial charge in [0.05, 0.1) is 11.9 Å². The van der Waals surface area contributed by atoms with Crippen molar-refractivity contribution in [3.8, 4) is 0 Å². The first-order valence-corrected chi connectivity index (χ1v) is 11.0. The second kappa shape index (κ2) is 8.57. The Morgan fingerprint density at radius 1 is 1.07 bits per heavy atom. The van der Waals surface area contributed by atoms with Crippen molar-refractivity contribution in [3.63, 3.8) is 0 Å². The Balaban J connectivity index is 2.44. The van der Waals surface area contributed by atoms with Gasteiger partial charge in [-0.2, -0.15) is 0 Å². The first-order chi connectivity index (χ1) is 12.7. The summed E-state index contributed by atoms with van der Waals surface area (Å²) in [4.78, 5) is 13.0. The molecule has 2 aromatic carbocycles. The maximum absolute atomic E-state index is 13.0. The third-order valence-corrected chi connectivity index (χ3v) is 5.63. The topological polar surface area (TPSA) is 66.5 Å². The van der Waals surface area contributed by atoms with E-state index in [2.05, 4.69) is 5.32 Å². The smallest absolute Gasteiger partial charge is 0.248 e. The van der Waals surface area contributed by atoms with Crippen LogP contribution in [0.25, 0.3) is 0 Å². The minimum atomic E-state index is -3.64. The highest BCUT2D eigenvalue weighted by Gasteiger charge is 2.32. The molecule has 0 saturated heterocycles. The Kier molecular flexibility index (Phi) is 6.65. The Morgan fingerprint density at radius 2 is 1.67 bits per heavy atom. The Bertz CT molecular complexity index is 903. The molecule has 0 aliphatic heterocycles. The van der Waals surface area contributed by atoms with Gasteiger partial charge in [0.1, 0.15) is 6.04 Å².